The van der Waals surface area contributed by atoms with Crippen molar-refractivity contribution in [2.45, 2.75) is 44.0 Å². The molecule has 0 aliphatic heterocycles. The van der Waals surface area contributed by atoms with Gasteiger partial charge in [0.2, 0.25) is 0 Å². The molecule has 2 unspecified atom stereocenters. The second-order valence-corrected chi connectivity index (χ2v) is 8.09. The van der Waals surface area contributed by atoms with Crippen LogP contribution in [0.5, 0.6) is 11.5 Å². The Bertz CT molecular complexity index is 998. The lowest BCUT2D eigenvalue weighted by atomic mass is 10.1. The van der Waals surface area contributed by atoms with Gasteiger partial charge in [-0.1, -0.05) is 54.6 Å². The average Bonchev–Trinajstić information content (AvgIpc) is 3.26. The Kier molecular flexibility index (Phi) is 7.07. The smallest absolute Gasteiger partial charge is 0.333 e. The van der Waals surface area contributed by atoms with Crippen LogP contribution in [0.3, 0.4) is 0 Å². The van der Waals surface area contributed by atoms with Gasteiger partial charge < -0.3 is 19.3 Å². The number of methoxy groups -OCH3 is 1. The molecule has 3 atom stereocenters. The summed E-state index contributed by atoms with van der Waals surface area (Å²) < 4.78 is 17.3. The minimum Gasteiger partial charge on any atom is -0.490 e. The summed E-state index contributed by atoms with van der Waals surface area (Å²) in [6.45, 7) is 0. The highest BCUT2D eigenvalue weighted by atomic mass is 16.5. The summed E-state index contributed by atoms with van der Waals surface area (Å²) in [7, 11) is 1.41. The summed E-state index contributed by atoms with van der Waals surface area (Å²) in [6.07, 6.45) is 2.48. The van der Waals surface area contributed by atoms with Gasteiger partial charge in [0, 0.05) is 20.0 Å². The van der Waals surface area contributed by atoms with Crippen LogP contribution in [0.25, 0.3) is 11.1 Å². The molecule has 1 N–H and O–H groups in total. The molecule has 0 heterocycles. The van der Waals surface area contributed by atoms with Gasteiger partial charge in [-0.05, 0) is 53.8 Å². The van der Waals surface area contributed by atoms with Crippen LogP contribution in [0.15, 0.2) is 78.9 Å². The van der Waals surface area contributed by atoms with E-state index >= 15 is 0 Å². The number of rotatable bonds is 9. The molecule has 1 aliphatic carbocycles. The molecule has 5 nitrogen and oxygen atoms in total. The predicted octanol–water partition coefficient (Wildman–Crippen LogP) is 5.37. The first-order chi connectivity index (χ1) is 15.6. The third kappa shape index (κ3) is 5.68. The summed E-state index contributed by atoms with van der Waals surface area (Å²) in [4.78, 5) is 11.1. The minimum absolute atomic E-state index is 0.111. The molecule has 0 spiro atoms. The van der Waals surface area contributed by atoms with Crippen LogP contribution in [0.1, 0.15) is 24.8 Å². The molecule has 5 heteroatoms. The Morgan fingerprint density at radius 1 is 0.844 bits per heavy atom. The van der Waals surface area contributed by atoms with Crippen molar-refractivity contribution < 1.29 is 24.1 Å². The first-order valence-electron chi connectivity index (χ1n) is 10.9. The van der Waals surface area contributed by atoms with Crippen molar-refractivity contribution in [1.82, 2.24) is 0 Å². The lowest BCUT2D eigenvalue weighted by molar-refractivity contribution is -0.148. The number of ether oxygens (including phenoxy) is 3. The van der Waals surface area contributed by atoms with Gasteiger partial charge in [-0.3, -0.25) is 0 Å². The van der Waals surface area contributed by atoms with Crippen molar-refractivity contribution in [3.05, 3.63) is 84.4 Å². The first-order valence-corrected chi connectivity index (χ1v) is 10.9. The maximum absolute atomic E-state index is 11.1. The Morgan fingerprint density at radius 3 is 1.91 bits per heavy atom. The molecule has 0 aromatic heterocycles. The van der Waals surface area contributed by atoms with E-state index in [0.29, 0.717) is 6.42 Å². The fraction of sp³-hybridized carbons (Fsp3) is 0.296. The van der Waals surface area contributed by atoms with Gasteiger partial charge in [-0.25, -0.2) is 4.79 Å². The van der Waals surface area contributed by atoms with E-state index < -0.39 is 12.1 Å². The summed E-state index contributed by atoms with van der Waals surface area (Å²) in [5, 5.41) is 9.11. The molecule has 0 bridgehead atoms. The minimum atomic E-state index is -0.959. The topological polar surface area (TPSA) is 65.0 Å². The SMILES string of the molecule is CO[C@@H](Cc1ccc(OC2CCC(Oc3ccc(-c4ccccc4)cc3)C2)cc1)C(=O)O. The van der Waals surface area contributed by atoms with Crippen LogP contribution in [-0.2, 0) is 16.0 Å². The van der Waals surface area contributed by atoms with E-state index in [1.807, 2.05) is 54.6 Å². The Morgan fingerprint density at radius 2 is 1.38 bits per heavy atom. The fourth-order valence-corrected chi connectivity index (χ4v) is 4.05. The highest BCUT2D eigenvalue weighted by Crippen LogP contribution is 2.29. The number of aliphatic carboxylic acids is 1. The zero-order valence-corrected chi connectivity index (χ0v) is 18.1. The summed E-state index contributed by atoms with van der Waals surface area (Å²) >= 11 is 0. The van der Waals surface area contributed by atoms with Crippen LogP contribution < -0.4 is 9.47 Å². The van der Waals surface area contributed by atoms with Gasteiger partial charge in [-0.2, -0.15) is 0 Å². The summed E-state index contributed by atoms with van der Waals surface area (Å²) in [5.74, 6) is 0.709. The van der Waals surface area contributed by atoms with Crippen molar-refractivity contribution in [2.75, 3.05) is 7.11 Å². The maximum Gasteiger partial charge on any atom is 0.333 e. The number of carboxylic acids is 1. The zero-order valence-electron chi connectivity index (χ0n) is 18.1. The highest BCUT2D eigenvalue weighted by molar-refractivity contribution is 5.72. The van der Waals surface area contributed by atoms with Crippen LogP contribution in [0.2, 0.25) is 0 Å². The lowest BCUT2D eigenvalue weighted by Crippen LogP contribution is -2.24. The molecule has 4 rings (SSSR count). The number of hydrogen-bond acceptors (Lipinski definition) is 4. The van der Waals surface area contributed by atoms with Gasteiger partial charge in [0.15, 0.2) is 6.10 Å². The molecular formula is C27H28O5. The molecular weight excluding hydrogens is 404 g/mol. The monoisotopic (exact) mass is 432 g/mol. The first kappa shape index (κ1) is 21.9. The zero-order chi connectivity index (χ0) is 22.3. The van der Waals surface area contributed by atoms with Crippen LogP contribution in [-0.4, -0.2) is 36.5 Å². The maximum atomic E-state index is 11.1. The molecule has 0 amide bonds. The van der Waals surface area contributed by atoms with E-state index in [-0.39, 0.29) is 12.2 Å². The molecule has 1 fully saturated rings. The largest absolute Gasteiger partial charge is 0.490 e. The standard InChI is InChI=1S/C27H28O5/c1-30-26(27(28)29)17-19-7-11-22(12-8-19)31-24-15-16-25(18-24)32-23-13-9-21(10-14-23)20-5-3-2-4-6-20/h2-14,24-26H,15-18H2,1H3,(H,28,29)/t24?,25?,26-/m0/s1. The van der Waals surface area contributed by atoms with Crippen LogP contribution in [0, 0.1) is 0 Å². The third-order valence-electron chi connectivity index (χ3n) is 5.81. The van der Waals surface area contributed by atoms with Gasteiger partial charge in [-0.15, -0.1) is 0 Å². The van der Waals surface area contributed by atoms with E-state index in [4.69, 9.17) is 19.3 Å². The number of carboxylic acid groups (broad SMARTS) is 1. The molecule has 3 aromatic carbocycles. The fourth-order valence-electron chi connectivity index (χ4n) is 4.05. The molecule has 1 saturated carbocycles. The number of benzene rings is 3. The van der Waals surface area contributed by atoms with E-state index in [0.717, 1.165) is 36.3 Å². The molecule has 0 radical (unpaired) electrons. The summed E-state index contributed by atoms with van der Waals surface area (Å²) in [6, 6.07) is 26.1. The van der Waals surface area contributed by atoms with E-state index in [2.05, 4.69) is 24.3 Å². The summed E-state index contributed by atoms with van der Waals surface area (Å²) in [5.41, 5.74) is 3.27. The van der Waals surface area contributed by atoms with Crippen LogP contribution in [0.4, 0.5) is 0 Å². The van der Waals surface area contributed by atoms with E-state index in [1.54, 1.807) is 0 Å². The van der Waals surface area contributed by atoms with E-state index in [9.17, 15) is 4.79 Å². The highest BCUT2D eigenvalue weighted by Gasteiger charge is 2.27. The van der Waals surface area contributed by atoms with Crippen molar-refractivity contribution in [3.63, 3.8) is 0 Å². The van der Waals surface area contributed by atoms with Crippen LogP contribution >= 0.6 is 0 Å². The quantitative estimate of drug-likeness (QED) is 0.492. The van der Waals surface area contributed by atoms with Crippen molar-refractivity contribution in [2.24, 2.45) is 0 Å². The van der Waals surface area contributed by atoms with Gasteiger partial charge in [0.1, 0.15) is 23.7 Å². The number of carbonyl (C=O) groups is 1. The van der Waals surface area contributed by atoms with Gasteiger partial charge >= 0.3 is 5.97 Å². The Labute approximate surface area is 188 Å². The molecule has 1 aliphatic rings. The van der Waals surface area contributed by atoms with Gasteiger partial charge in [0.05, 0.1) is 0 Å². The molecule has 32 heavy (non-hydrogen) atoms. The van der Waals surface area contributed by atoms with Crippen molar-refractivity contribution >= 4 is 5.97 Å². The molecule has 3 aromatic rings. The molecule has 0 saturated heterocycles. The molecule has 166 valence electrons. The Hall–Kier alpha value is -3.31. The second-order valence-electron chi connectivity index (χ2n) is 8.09. The predicted molar refractivity (Wildman–Crippen MR) is 123 cm³/mol. The Balaban J connectivity index is 1.27. The third-order valence-corrected chi connectivity index (χ3v) is 5.81. The second kappa shape index (κ2) is 10.3. The van der Waals surface area contributed by atoms with Gasteiger partial charge in [0.25, 0.3) is 0 Å². The van der Waals surface area contributed by atoms with Crippen molar-refractivity contribution in [3.8, 4) is 22.6 Å². The van der Waals surface area contributed by atoms with Crippen molar-refractivity contribution in [1.29, 1.82) is 0 Å². The number of hydrogen-bond donors (Lipinski definition) is 1. The average molecular weight is 433 g/mol. The van der Waals surface area contributed by atoms with E-state index in [1.165, 1.54) is 18.2 Å². The lowest BCUT2D eigenvalue weighted by Gasteiger charge is -2.16. The normalized spacial score (nSPS) is 18.8.